The van der Waals surface area contributed by atoms with Gasteiger partial charge in [0.25, 0.3) is 0 Å². The van der Waals surface area contributed by atoms with Gasteiger partial charge in [-0.05, 0) is 43.8 Å². The summed E-state index contributed by atoms with van der Waals surface area (Å²) in [7, 11) is 0. The molecule has 0 fully saturated rings. The number of hydrogen-bond acceptors (Lipinski definition) is 2. The second kappa shape index (κ2) is 8.07. The second-order valence-corrected chi connectivity index (χ2v) is 4.91. The van der Waals surface area contributed by atoms with Crippen molar-refractivity contribution < 1.29 is 0 Å². The van der Waals surface area contributed by atoms with E-state index in [9.17, 15) is 0 Å². The minimum absolute atomic E-state index is 0.766. The summed E-state index contributed by atoms with van der Waals surface area (Å²) < 4.78 is 1.07. The standard InChI is InChI=1S/C12H18BrClN2/c1-2-15-6-3-7-16-9-10-4-5-11(14)8-12(10)13/h4-5,8,15-16H,2-3,6-7,9H2,1H3. The molecule has 0 atom stereocenters. The van der Waals surface area contributed by atoms with Gasteiger partial charge in [-0.1, -0.05) is 40.5 Å². The summed E-state index contributed by atoms with van der Waals surface area (Å²) in [5.74, 6) is 0. The molecule has 1 rings (SSSR count). The van der Waals surface area contributed by atoms with Gasteiger partial charge in [0.2, 0.25) is 0 Å². The highest BCUT2D eigenvalue weighted by Crippen LogP contribution is 2.21. The first kappa shape index (κ1) is 14.0. The third kappa shape index (κ3) is 5.30. The predicted octanol–water partition coefficient (Wildman–Crippen LogP) is 3.19. The maximum Gasteiger partial charge on any atom is 0.0417 e. The summed E-state index contributed by atoms with van der Waals surface area (Å²) in [4.78, 5) is 0. The van der Waals surface area contributed by atoms with Crippen LogP contribution in [-0.2, 0) is 6.54 Å². The first-order chi connectivity index (χ1) is 7.74. The fourth-order valence-corrected chi connectivity index (χ4v) is 2.23. The number of hydrogen-bond donors (Lipinski definition) is 2. The zero-order valence-corrected chi connectivity index (χ0v) is 11.9. The van der Waals surface area contributed by atoms with Gasteiger partial charge in [-0.15, -0.1) is 0 Å². The average molecular weight is 306 g/mol. The van der Waals surface area contributed by atoms with Crippen LogP contribution in [0.1, 0.15) is 18.9 Å². The molecule has 0 saturated heterocycles. The first-order valence-corrected chi connectivity index (χ1v) is 6.76. The second-order valence-electron chi connectivity index (χ2n) is 3.62. The Bertz CT molecular complexity index is 318. The number of halogens is 2. The van der Waals surface area contributed by atoms with E-state index in [0.717, 1.165) is 42.1 Å². The smallest absolute Gasteiger partial charge is 0.0417 e. The molecule has 0 aliphatic heterocycles. The van der Waals surface area contributed by atoms with E-state index in [4.69, 9.17) is 11.6 Å². The Kier molecular flexibility index (Phi) is 7.05. The molecule has 0 aliphatic rings. The first-order valence-electron chi connectivity index (χ1n) is 5.59. The molecule has 4 heteroatoms. The van der Waals surface area contributed by atoms with Gasteiger partial charge in [-0.2, -0.15) is 0 Å². The van der Waals surface area contributed by atoms with Gasteiger partial charge in [0.05, 0.1) is 0 Å². The molecule has 0 spiro atoms. The predicted molar refractivity (Wildman–Crippen MR) is 74.0 cm³/mol. The zero-order chi connectivity index (χ0) is 11.8. The highest BCUT2D eigenvalue weighted by molar-refractivity contribution is 9.10. The molecule has 2 N–H and O–H groups in total. The third-order valence-corrected chi connectivity index (χ3v) is 3.26. The van der Waals surface area contributed by atoms with Crippen molar-refractivity contribution in [1.29, 1.82) is 0 Å². The summed E-state index contributed by atoms with van der Waals surface area (Å²) >= 11 is 9.38. The summed E-state index contributed by atoms with van der Waals surface area (Å²) in [5.41, 5.74) is 1.24. The van der Waals surface area contributed by atoms with Gasteiger partial charge in [0.15, 0.2) is 0 Å². The van der Waals surface area contributed by atoms with Crippen LogP contribution < -0.4 is 10.6 Å². The lowest BCUT2D eigenvalue weighted by molar-refractivity contribution is 0.605. The molecule has 1 aromatic rings. The molecule has 0 saturated carbocycles. The minimum Gasteiger partial charge on any atom is -0.317 e. The van der Waals surface area contributed by atoms with Crippen molar-refractivity contribution >= 4 is 27.5 Å². The largest absolute Gasteiger partial charge is 0.317 e. The lowest BCUT2D eigenvalue weighted by Crippen LogP contribution is -2.21. The van der Waals surface area contributed by atoms with Gasteiger partial charge in [0.1, 0.15) is 0 Å². The van der Waals surface area contributed by atoms with Gasteiger partial charge in [0, 0.05) is 16.0 Å². The number of rotatable bonds is 7. The van der Waals surface area contributed by atoms with Crippen LogP contribution in [0.4, 0.5) is 0 Å². The Labute approximate surface area is 111 Å². The minimum atomic E-state index is 0.766. The molecule has 0 amide bonds. The molecule has 0 radical (unpaired) electrons. The van der Waals surface area contributed by atoms with Crippen LogP contribution in [0.2, 0.25) is 5.02 Å². The molecule has 0 heterocycles. The number of nitrogens with one attached hydrogen (secondary N) is 2. The Hall–Kier alpha value is -0.0900. The van der Waals surface area contributed by atoms with E-state index < -0.39 is 0 Å². The SMILES string of the molecule is CCNCCCNCc1ccc(Cl)cc1Br. The van der Waals surface area contributed by atoms with Gasteiger partial charge < -0.3 is 10.6 Å². The maximum absolute atomic E-state index is 5.88. The van der Waals surface area contributed by atoms with Crippen molar-refractivity contribution in [3.8, 4) is 0 Å². The van der Waals surface area contributed by atoms with Crippen LogP contribution in [0.25, 0.3) is 0 Å². The van der Waals surface area contributed by atoms with E-state index in [1.807, 2.05) is 18.2 Å². The van der Waals surface area contributed by atoms with Crippen LogP contribution in [0.3, 0.4) is 0 Å². The van der Waals surface area contributed by atoms with Crippen molar-refractivity contribution in [2.45, 2.75) is 19.9 Å². The summed E-state index contributed by atoms with van der Waals surface area (Å²) in [6, 6.07) is 5.89. The Morgan fingerprint density at radius 1 is 1.25 bits per heavy atom. The summed E-state index contributed by atoms with van der Waals surface area (Å²) in [6.07, 6.45) is 1.15. The van der Waals surface area contributed by atoms with Crippen LogP contribution in [0, 0.1) is 0 Å². The van der Waals surface area contributed by atoms with E-state index in [-0.39, 0.29) is 0 Å². The topological polar surface area (TPSA) is 24.1 Å². The lowest BCUT2D eigenvalue weighted by atomic mass is 10.2. The van der Waals surface area contributed by atoms with E-state index in [2.05, 4.69) is 33.5 Å². The van der Waals surface area contributed by atoms with E-state index >= 15 is 0 Å². The van der Waals surface area contributed by atoms with Crippen LogP contribution in [0.15, 0.2) is 22.7 Å². The van der Waals surface area contributed by atoms with Crippen molar-refractivity contribution in [2.75, 3.05) is 19.6 Å². The van der Waals surface area contributed by atoms with Gasteiger partial charge in [-0.25, -0.2) is 0 Å². The van der Waals surface area contributed by atoms with E-state index in [1.165, 1.54) is 5.56 Å². The monoisotopic (exact) mass is 304 g/mol. The van der Waals surface area contributed by atoms with Crippen molar-refractivity contribution in [2.24, 2.45) is 0 Å². The van der Waals surface area contributed by atoms with Gasteiger partial charge in [-0.3, -0.25) is 0 Å². The Morgan fingerprint density at radius 3 is 2.69 bits per heavy atom. The summed E-state index contributed by atoms with van der Waals surface area (Å²) in [5, 5.41) is 7.47. The Morgan fingerprint density at radius 2 is 2.00 bits per heavy atom. The quantitative estimate of drug-likeness (QED) is 0.756. The molecule has 90 valence electrons. The fraction of sp³-hybridized carbons (Fsp3) is 0.500. The lowest BCUT2D eigenvalue weighted by Gasteiger charge is -2.07. The third-order valence-electron chi connectivity index (χ3n) is 2.29. The molecule has 0 unspecified atom stereocenters. The van der Waals surface area contributed by atoms with Crippen LogP contribution in [-0.4, -0.2) is 19.6 Å². The van der Waals surface area contributed by atoms with E-state index in [1.54, 1.807) is 0 Å². The molecule has 0 aromatic heterocycles. The normalized spacial score (nSPS) is 10.7. The molecule has 16 heavy (non-hydrogen) atoms. The van der Waals surface area contributed by atoms with Crippen molar-refractivity contribution in [3.63, 3.8) is 0 Å². The average Bonchev–Trinajstić information content (AvgIpc) is 2.26. The van der Waals surface area contributed by atoms with Crippen LogP contribution in [0.5, 0.6) is 0 Å². The summed E-state index contributed by atoms with van der Waals surface area (Å²) in [6.45, 7) is 6.15. The maximum atomic E-state index is 5.88. The van der Waals surface area contributed by atoms with Crippen LogP contribution >= 0.6 is 27.5 Å². The Balaban J connectivity index is 2.21. The zero-order valence-electron chi connectivity index (χ0n) is 9.52. The molecule has 0 aliphatic carbocycles. The molecule has 2 nitrogen and oxygen atoms in total. The number of benzene rings is 1. The molecule has 1 aromatic carbocycles. The molecular weight excluding hydrogens is 288 g/mol. The highest BCUT2D eigenvalue weighted by atomic mass is 79.9. The van der Waals surface area contributed by atoms with E-state index in [0.29, 0.717) is 0 Å². The van der Waals surface area contributed by atoms with Gasteiger partial charge >= 0.3 is 0 Å². The molecular formula is C12H18BrClN2. The van der Waals surface area contributed by atoms with Crippen molar-refractivity contribution in [3.05, 3.63) is 33.3 Å². The molecule has 0 bridgehead atoms. The van der Waals surface area contributed by atoms with Crippen molar-refractivity contribution in [1.82, 2.24) is 10.6 Å². The fourth-order valence-electron chi connectivity index (χ4n) is 1.40. The highest BCUT2D eigenvalue weighted by Gasteiger charge is 1.99.